The Morgan fingerprint density at radius 2 is 2.36 bits per heavy atom. The molecule has 0 spiro atoms. The van der Waals surface area contributed by atoms with E-state index in [-0.39, 0.29) is 0 Å². The molecular weight excluding hydrogens is 174 g/mol. The van der Waals surface area contributed by atoms with E-state index in [1.165, 1.54) is 36.8 Å². The first kappa shape index (κ1) is 8.27. The zero-order valence-electron chi connectivity index (χ0n) is 8.49. The summed E-state index contributed by atoms with van der Waals surface area (Å²) < 4.78 is 5.33. The van der Waals surface area contributed by atoms with Crippen LogP contribution in [0.3, 0.4) is 0 Å². The summed E-state index contributed by atoms with van der Waals surface area (Å²) in [4.78, 5) is 4.28. The number of rotatable bonds is 1. The topological polar surface area (TPSA) is 22.1 Å². The van der Waals surface area contributed by atoms with Crippen LogP contribution in [0.5, 0.6) is 5.88 Å². The average molecular weight is 189 g/mol. The molecule has 1 aromatic heterocycles. The lowest BCUT2D eigenvalue weighted by Crippen LogP contribution is -2.12. The van der Waals surface area contributed by atoms with Gasteiger partial charge in [0.2, 0.25) is 5.88 Å². The Labute approximate surface area is 84.3 Å². The van der Waals surface area contributed by atoms with Crippen LogP contribution in [0.25, 0.3) is 0 Å². The SMILES string of the molecule is COc1nccc2c1CC1CCC2C1. The summed E-state index contributed by atoms with van der Waals surface area (Å²) >= 11 is 0. The summed E-state index contributed by atoms with van der Waals surface area (Å²) in [6, 6.07) is 2.18. The van der Waals surface area contributed by atoms with E-state index in [0.717, 1.165) is 17.7 Å². The summed E-state index contributed by atoms with van der Waals surface area (Å²) in [5.74, 6) is 2.55. The van der Waals surface area contributed by atoms with Crippen molar-refractivity contribution in [3.05, 3.63) is 23.4 Å². The molecule has 2 aliphatic rings. The fourth-order valence-electron chi connectivity index (χ4n) is 3.08. The molecule has 74 valence electrons. The predicted molar refractivity (Wildman–Crippen MR) is 54.6 cm³/mol. The van der Waals surface area contributed by atoms with Gasteiger partial charge in [-0.2, -0.15) is 0 Å². The summed E-state index contributed by atoms with van der Waals surface area (Å²) in [5.41, 5.74) is 2.89. The molecular formula is C12H15NO. The summed E-state index contributed by atoms with van der Waals surface area (Å²) in [6.07, 6.45) is 7.21. The number of pyridine rings is 1. The standard InChI is InChI=1S/C12H15NO/c1-14-12-11-7-8-2-3-9(6-8)10(11)4-5-13-12/h4-5,8-9H,2-3,6-7H2,1H3. The molecule has 0 aromatic carbocycles. The summed E-state index contributed by atoms with van der Waals surface area (Å²) in [5, 5.41) is 0. The van der Waals surface area contributed by atoms with Crippen molar-refractivity contribution in [1.82, 2.24) is 4.98 Å². The minimum Gasteiger partial charge on any atom is -0.481 e. The molecule has 3 rings (SSSR count). The molecule has 0 saturated heterocycles. The van der Waals surface area contributed by atoms with E-state index in [1.807, 2.05) is 6.20 Å². The highest BCUT2D eigenvalue weighted by Crippen LogP contribution is 2.47. The van der Waals surface area contributed by atoms with Gasteiger partial charge in [-0.05, 0) is 49.1 Å². The lowest BCUT2D eigenvalue weighted by atomic mass is 9.84. The van der Waals surface area contributed by atoms with Crippen LogP contribution in [-0.2, 0) is 6.42 Å². The quantitative estimate of drug-likeness (QED) is 0.677. The van der Waals surface area contributed by atoms with E-state index in [9.17, 15) is 0 Å². The van der Waals surface area contributed by atoms with Crippen molar-refractivity contribution in [1.29, 1.82) is 0 Å². The molecule has 0 amide bonds. The van der Waals surface area contributed by atoms with Crippen molar-refractivity contribution >= 4 is 0 Å². The van der Waals surface area contributed by atoms with Crippen LogP contribution in [0, 0.1) is 5.92 Å². The summed E-state index contributed by atoms with van der Waals surface area (Å²) in [6.45, 7) is 0. The Balaban J connectivity index is 2.12. The molecule has 2 nitrogen and oxygen atoms in total. The Morgan fingerprint density at radius 1 is 1.43 bits per heavy atom. The Bertz CT molecular complexity index is 361. The minimum absolute atomic E-state index is 0.792. The van der Waals surface area contributed by atoms with Gasteiger partial charge >= 0.3 is 0 Å². The highest BCUT2D eigenvalue weighted by Gasteiger charge is 2.34. The number of nitrogens with zero attached hydrogens (tertiary/aromatic N) is 1. The van der Waals surface area contributed by atoms with Gasteiger partial charge in [0.15, 0.2) is 0 Å². The number of aromatic nitrogens is 1. The van der Waals surface area contributed by atoms with Crippen molar-refractivity contribution in [2.45, 2.75) is 31.6 Å². The van der Waals surface area contributed by atoms with E-state index in [0.29, 0.717) is 0 Å². The molecule has 2 aliphatic carbocycles. The van der Waals surface area contributed by atoms with Gasteiger partial charge in [-0.1, -0.05) is 0 Å². The largest absolute Gasteiger partial charge is 0.481 e. The van der Waals surface area contributed by atoms with Crippen LogP contribution < -0.4 is 4.74 Å². The monoisotopic (exact) mass is 189 g/mol. The van der Waals surface area contributed by atoms with Gasteiger partial charge in [-0.25, -0.2) is 4.98 Å². The Hall–Kier alpha value is -1.05. The first-order valence-electron chi connectivity index (χ1n) is 5.40. The minimum atomic E-state index is 0.792. The van der Waals surface area contributed by atoms with Crippen LogP contribution >= 0.6 is 0 Å². The lowest BCUT2D eigenvalue weighted by Gasteiger charge is -2.23. The van der Waals surface area contributed by atoms with E-state index in [4.69, 9.17) is 4.74 Å². The zero-order valence-corrected chi connectivity index (χ0v) is 8.49. The second kappa shape index (κ2) is 2.97. The van der Waals surface area contributed by atoms with Gasteiger partial charge in [0.05, 0.1) is 7.11 Å². The molecule has 0 N–H and O–H groups in total. The van der Waals surface area contributed by atoms with Crippen LogP contribution in [-0.4, -0.2) is 12.1 Å². The number of ether oxygens (including phenoxy) is 1. The predicted octanol–water partition coefficient (Wildman–Crippen LogP) is 2.53. The van der Waals surface area contributed by atoms with Gasteiger partial charge < -0.3 is 4.74 Å². The third-order valence-electron chi connectivity index (χ3n) is 3.72. The van der Waals surface area contributed by atoms with Crippen molar-refractivity contribution in [2.24, 2.45) is 5.92 Å². The van der Waals surface area contributed by atoms with E-state index in [2.05, 4.69) is 11.1 Å². The fraction of sp³-hybridized carbons (Fsp3) is 0.583. The van der Waals surface area contributed by atoms with Crippen molar-refractivity contribution in [3.8, 4) is 5.88 Å². The Kier molecular flexibility index (Phi) is 1.76. The molecule has 1 aromatic rings. The van der Waals surface area contributed by atoms with Crippen LogP contribution in [0.1, 0.15) is 36.3 Å². The molecule has 2 atom stereocenters. The van der Waals surface area contributed by atoms with Gasteiger partial charge in [-0.15, -0.1) is 0 Å². The molecule has 1 heterocycles. The first-order chi connectivity index (χ1) is 6.88. The second-order valence-electron chi connectivity index (χ2n) is 4.47. The summed E-state index contributed by atoms with van der Waals surface area (Å²) in [7, 11) is 1.72. The van der Waals surface area contributed by atoms with Crippen LogP contribution in [0.2, 0.25) is 0 Å². The van der Waals surface area contributed by atoms with Crippen molar-refractivity contribution < 1.29 is 4.74 Å². The maximum Gasteiger partial charge on any atom is 0.216 e. The van der Waals surface area contributed by atoms with Crippen molar-refractivity contribution in [2.75, 3.05) is 7.11 Å². The molecule has 2 unspecified atom stereocenters. The van der Waals surface area contributed by atoms with Gasteiger partial charge in [-0.3, -0.25) is 0 Å². The zero-order chi connectivity index (χ0) is 9.54. The average Bonchev–Trinajstić information content (AvgIpc) is 2.61. The second-order valence-corrected chi connectivity index (χ2v) is 4.47. The molecule has 2 bridgehead atoms. The highest BCUT2D eigenvalue weighted by molar-refractivity contribution is 5.40. The maximum atomic E-state index is 5.33. The molecule has 0 radical (unpaired) electrons. The molecule has 0 aliphatic heterocycles. The smallest absolute Gasteiger partial charge is 0.216 e. The lowest BCUT2D eigenvalue weighted by molar-refractivity contribution is 0.381. The fourth-order valence-corrected chi connectivity index (χ4v) is 3.08. The number of hydrogen-bond acceptors (Lipinski definition) is 2. The molecule has 1 fully saturated rings. The van der Waals surface area contributed by atoms with Gasteiger partial charge in [0.1, 0.15) is 0 Å². The Morgan fingerprint density at radius 3 is 3.21 bits per heavy atom. The van der Waals surface area contributed by atoms with Gasteiger partial charge in [0.25, 0.3) is 0 Å². The first-order valence-corrected chi connectivity index (χ1v) is 5.40. The number of hydrogen-bond donors (Lipinski definition) is 0. The molecule has 14 heavy (non-hydrogen) atoms. The molecule has 2 heteroatoms. The number of fused-ring (bicyclic) bond motifs is 4. The van der Waals surface area contributed by atoms with Gasteiger partial charge in [0, 0.05) is 11.8 Å². The van der Waals surface area contributed by atoms with Crippen molar-refractivity contribution in [3.63, 3.8) is 0 Å². The van der Waals surface area contributed by atoms with E-state index in [1.54, 1.807) is 7.11 Å². The third kappa shape index (κ3) is 1.06. The third-order valence-corrected chi connectivity index (χ3v) is 3.72. The van der Waals surface area contributed by atoms with Crippen LogP contribution in [0.15, 0.2) is 12.3 Å². The van der Waals surface area contributed by atoms with E-state index >= 15 is 0 Å². The number of methoxy groups -OCH3 is 1. The molecule has 1 saturated carbocycles. The maximum absolute atomic E-state index is 5.33. The van der Waals surface area contributed by atoms with E-state index < -0.39 is 0 Å². The highest BCUT2D eigenvalue weighted by atomic mass is 16.5. The van der Waals surface area contributed by atoms with Crippen LogP contribution in [0.4, 0.5) is 0 Å². The normalized spacial score (nSPS) is 28.6.